The van der Waals surface area contributed by atoms with Gasteiger partial charge >= 0.3 is 0 Å². The minimum atomic E-state index is 0.370. The van der Waals surface area contributed by atoms with Crippen molar-refractivity contribution in [1.82, 2.24) is 0 Å². The molecule has 0 saturated heterocycles. The number of allylic oxidation sites excluding steroid dienone is 1. The van der Waals surface area contributed by atoms with Crippen LogP contribution < -0.4 is 14.2 Å². The third kappa shape index (κ3) is 6.95. The summed E-state index contributed by atoms with van der Waals surface area (Å²) >= 11 is 0. The molecule has 0 aliphatic rings. The monoisotopic (exact) mass is 407 g/mol. The van der Waals surface area contributed by atoms with Gasteiger partial charge in [0.1, 0.15) is 32.2 Å². The van der Waals surface area contributed by atoms with Gasteiger partial charge in [0, 0.05) is 0 Å². The van der Waals surface area contributed by atoms with Gasteiger partial charge in [0.2, 0.25) is 0 Å². The molecular weight excluding hydrogens is 382 g/mol. The summed E-state index contributed by atoms with van der Waals surface area (Å²) < 4.78 is 26.7. The lowest BCUT2D eigenvalue weighted by Gasteiger charge is -2.11. The van der Waals surface area contributed by atoms with Crippen molar-refractivity contribution >= 4 is 11.6 Å². The Kier molecular flexibility index (Phi) is 9.41. The lowest BCUT2D eigenvalue weighted by molar-refractivity contribution is 0.176. The molecule has 2 rings (SSSR count). The number of ether oxygens (including phenoxy) is 5. The molecule has 30 heavy (non-hydrogen) atoms. The van der Waals surface area contributed by atoms with Crippen molar-refractivity contribution in [1.29, 1.82) is 5.26 Å². The molecule has 6 nitrogen and oxygen atoms in total. The standard InChI is InChI=1S/C24H25NO5/c1-4-27-12-14-29-22-9-7-20(8-10-22)21(18-25)16-19-6-11-23(24(17-19)26-3)30-15-13-28-5-2/h4-11,16-17H,1-2,12-15H2,3H3/b21-16+. The van der Waals surface area contributed by atoms with E-state index in [2.05, 4.69) is 19.2 Å². The predicted molar refractivity (Wildman–Crippen MR) is 116 cm³/mol. The number of hydrogen-bond donors (Lipinski definition) is 0. The highest BCUT2D eigenvalue weighted by Crippen LogP contribution is 2.30. The highest BCUT2D eigenvalue weighted by atomic mass is 16.5. The Morgan fingerprint density at radius 1 is 0.900 bits per heavy atom. The Bertz CT molecular complexity index is 897. The van der Waals surface area contributed by atoms with E-state index in [1.165, 1.54) is 12.5 Å². The SMILES string of the molecule is C=COCCOc1ccc(/C(C#N)=C/c2ccc(OCCOC=C)c(OC)c2)cc1. The first-order valence-corrected chi connectivity index (χ1v) is 9.32. The summed E-state index contributed by atoms with van der Waals surface area (Å²) in [5.74, 6) is 1.88. The van der Waals surface area contributed by atoms with Crippen LogP contribution in [0.5, 0.6) is 17.2 Å². The van der Waals surface area contributed by atoms with E-state index in [1.54, 1.807) is 19.3 Å². The number of methoxy groups -OCH3 is 1. The van der Waals surface area contributed by atoms with E-state index in [-0.39, 0.29) is 0 Å². The van der Waals surface area contributed by atoms with Crippen LogP contribution in [-0.2, 0) is 9.47 Å². The topological polar surface area (TPSA) is 69.9 Å². The second-order valence-electron chi connectivity index (χ2n) is 5.88. The number of rotatable bonds is 13. The van der Waals surface area contributed by atoms with E-state index in [9.17, 15) is 5.26 Å². The highest BCUT2D eigenvalue weighted by Gasteiger charge is 2.07. The summed E-state index contributed by atoms with van der Waals surface area (Å²) in [4.78, 5) is 0. The van der Waals surface area contributed by atoms with Crippen LogP contribution in [0.25, 0.3) is 11.6 Å². The molecule has 156 valence electrons. The second kappa shape index (κ2) is 12.6. The molecule has 0 heterocycles. The molecule has 2 aromatic carbocycles. The number of nitrogens with zero attached hydrogens (tertiary/aromatic N) is 1. The fraction of sp³-hybridized carbons (Fsp3) is 0.208. The third-order valence-electron chi connectivity index (χ3n) is 3.95. The van der Waals surface area contributed by atoms with Gasteiger partial charge in [0.25, 0.3) is 0 Å². The summed E-state index contributed by atoms with van der Waals surface area (Å²) in [5.41, 5.74) is 2.12. The van der Waals surface area contributed by atoms with Crippen molar-refractivity contribution in [3.63, 3.8) is 0 Å². The minimum absolute atomic E-state index is 0.370. The lowest BCUT2D eigenvalue weighted by atomic mass is 10.0. The molecule has 0 bridgehead atoms. The van der Waals surface area contributed by atoms with Gasteiger partial charge in [0.05, 0.1) is 31.3 Å². The van der Waals surface area contributed by atoms with Crippen LogP contribution in [0.4, 0.5) is 0 Å². The minimum Gasteiger partial charge on any atom is -0.498 e. The average Bonchev–Trinajstić information content (AvgIpc) is 2.79. The summed E-state index contributed by atoms with van der Waals surface area (Å²) in [5, 5.41) is 9.60. The van der Waals surface area contributed by atoms with Crippen LogP contribution >= 0.6 is 0 Å². The molecule has 0 amide bonds. The molecule has 0 N–H and O–H groups in total. The Morgan fingerprint density at radius 2 is 1.57 bits per heavy atom. The third-order valence-corrected chi connectivity index (χ3v) is 3.95. The summed E-state index contributed by atoms with van der Waals surface area (Å²) in [6, 6.07) is 15.0. The first-order chi connectivity index (χ1) is 14.7. The number of hydrogen-bond acceptors (Lipinski definition) is 6. The molecule has 2 aromatic rings. The molecule has 0 aliphatic heterocycles. The summed E-state index contributed by atoms with van der Waals surface area (Å²) in [6.45, 7) is 8.57. The zero-order chi connectivity index (χ0) is 21.6. The molecular formula is C24H25NO5. The molecule has 0 saturated carbocycles. The van der Waals surface area contributed by atoms with Crippen molar-refractivity contribution in [3.8, 4) is 23.3 Å². The van der Waals surface area contributed by atoms with Crippen LogP contribution in [-0.4, -0.2) is 33.5 Å². The van der Waals surface area contributed by atoms with E-state index in [1.807, 2.05) is 36.4 Å². The summed E-state index contributed by atoms with van der Waals surface area (Å²) in [6.07, 6.45) is 4.54. The van der Waals surface area contributed by atoms with Crippen molar-refractivity contribution in [2.24, 2.45) is 0 Å². The van der Waals surface area contributed by atoms with E-state index in [0.29, 0.717) is 49.2 Å². The quantitative estimate of drug-likeness (QED) is 0.205. The maximum atomic E-state index is 9.60. The zero-order valence-electron chi connectivity index (χ0n) is 17.0. The van der Waals surface area contributed by atoms with E-state index < -0.39 is 0 Å². The van der Waals surface area contributed by atoms with Crippen molar-refractivity contribution < 1.29 is 23.7 Å². The smallest absolute Gasteiger partial charge is 0.161 e. The largest absolute Gasteiger partial charge is 0.498 e. The van der Waals surface area contributed by atoms with E-state index in [4.69, 9.17) is 23.7 Å². The Morgan fingerprint density at radius 3 is 2.17 bits per heavy atom. The Balaban J connectivity index is 2.10. The van der Waals surface area contributed by atoms with Crippen LogP contribution in [0.1, 0.15) is 11.1 Å². The van der Waals surface area contributed by atoms with Gasteiger partial charge in [-0.3, -0.25) is 0 Å². The molecule has 6 heteroatoms. The van der Waals surface area contributed by atoms with Gasteiger partial charge in [-0.2, -0.15) is 5.26 Å². The van der Waals surface area contributed by atoms with Gasteiger partial charge in [-0.1, -0.05) is 19.2 Å². The Labute approximate surface area is 177 Å². The number of benzene rings is 2. The van der Waals surface area contributed by atoms with Gasteiger partial charge in [-0.25, -0.2) is 0 Å². The van der Waals surface area contributed by atoms with Crippen LogP contribution in [0, 0.1) is 11.3 Å². The van der Waals surface area contributed by atoms with Gasteiger partial charge in [-0.05, 0) is 53.6 Å². The maximum Gasteiger partial charge on any atom is 0.161 e. The van der Waals surface area contributed by atoms with Crippen molar-refractivity contribution in [2.45, 2.75) is 0 Å². The number of nitriles is 1. The van der Waals surface area contributed by atoms with Gasteiger partial charge < -0.3 is 23.7 Å². The molecule has 0 aromatic heterocycles. The van der Waals surface area contributed by atoms with Crippen molar-refractivity contribution in [3.05, 3.63) is 79.3 Å². The first-order valence-electron chi connectivity index (χ1n) is 9.32. The van der Waals surface area contributed by atoms with Gasteiger partial charge in [0.15, 0.2) is 11.5 Å². The van der Waals surface area contributed by atoms with Crippen LogP contribution in [0.15, 0.2) is 68.1 Å². The first kappa shape index (κ1) is 22.4. The molecule has 0 unspecified atom stereocenters. The van der Waals surface area contributed by atoms with Crippen LogP contribution in [0.3, 0.4) is 0 Å². The normalized spacial score (nSPS) is 10.5. The molecule has 0 atom stereocenters. The fourth-order valence-electron chi connectivity index (χ4n) is 2.54. The van der Waals surface area contributed by atoms with E-state index >= 15 is 0 Å². The Hall–Kier alpha value is -3.85. The van der Waals surface area contributed by atoms with Crippen molar-refractivity contribution in [2.75, 3.05) is 33.5 Å². The van der Waals surface area contributed by atoms with E-state index in [0.717, 1.165) is 11.1 Å². The molecule has 0 radical (unpaired) electrons. The van der Waals surface area contributed by atoms with Gasteiger partial charge in [-0.15, -0.1) is 0 Å². The zero-order valence-corrected chi connectivity index (χ0v) is 17.0. The second-order valence-corrected chi connectivity index (χ2v) is 5.88. The summed E-state index contributed by atoms with van der Waals surface area (Å²) in [7, 11) is 1.57. The molecule has 0 fully saturated rings. The lowest BCUT2D eigenvalue weighted by Crippen LogP contribution is -2.04. The maximum absolute atomic E-state index is 9.60. The molecule has 0 aliphatic carbocycles. The van der Waals surface area contributed by atoms with Crippen LogP contribution in [0.2, 0.25) is 0 Å². The highest BCUT2D eigenvalue weighted by molar-refractivity contribution is 5.90. The fourth-order valence-corrected chi connectivity index (χ4v) is 2.54. The predicted octanol–water partition coefficient (Wildman–Crippen LogP) is 4.84. The molecule has 0 spiro atoms. The average molecular weight is 407 g/mol.